The molecule has 0 fully saturated rings. The first kappa shape index (κ1) is 17.6. The maximum absolute atomic E-state index is 11.1. The minimum Gasteiger partial charge on any atom is -0.495 e. The van der Waals surface area contributed by atoms with E-state index >= 15 is 0 Å². The summed E-state index contributed by atoms with van der Waals surface area (Å²) in [7, 11) is 3.14. The molecule has 0 atom stereocenters. The molecule has 0 spiro atoms. The lowest BCUT2D eigenvalue weighted by Crippen LogP contribution is -2.05. The summed E-state index contributed by atoms with van der Waals surface area (Å²) in [5.74, 6) is 0.301. The van der Waals surface area contributed by atoms with Gasteiger partial charge in [-0.15, -0.1) is 0 Å². The van der Waals surface area contributed by atoms with Crippen molar-refractivity contribution < 1.29 is 19.4 Å². The monoisotopic (exact) mass is 443 g/mol. The number of ether oxygens (including phenoxy) is 2. The van der Waals surface area contributed by atoms with Crippen molar-refractivity contribution in [3.8, 4) is 11.5 Å². The minimum atomic E-state index is -0.988. The molecule has 2 rings (SSSR count). The second-order valence-electron chi connectivity index (χ2n) is 4.65. The van der Waals surface area contributed by atoms with E-state index < -0.39 is 5.97 Å². The summed E-state index contributed by atoms with van der Waals surface area (Å²) >= 11 is 6.90. The molecule has 2 aromatic rings. The molecule has 0 radical (unpaired) electrons. The van der Waals surface area contributed by atoms with Gasteiger partial charge in [-0.25, -0.2) is 4.79 Å². The lowest BCUT2D eigenvalue weighted by Gasteiger charge is -2.15. The van der Waals surface area contributed by atoms with Gasteiger partial charge in [0.05, 0.1) is 29.9 Å². The maximum Gasteiger partial charge on any atom is 0.335 e. The molecule has 2 aromatic carbocycles. The number of aromatic carboxylic acids is 1. The van der Waals surface area contributed by atoms with E-state index in [-0.39, 0.29) is 5.56 Å². The molecule has 0 aliphatic carbocycles. The second kappa shape index (κ2) is 7.70. The molecule has 0 saturated carbocycles. The molecular weight excluding hydrogens is 430 g/mol. The predicted octanol–water partition coefficient (Wildman–Crippen LogP) is 4.54. The zero-order valence-electron chi connectivity index (χ0n) is 12.5. The Morgan fingerprint density at radius 1 is 1.17 bits per heavy atom. The van der Waals surface area contributed by atoms with Crippen molar-refractivity contribution in [1.82, 2.24) is 0 Å². The number of methoxy groups -OCH3 is 2. The van der Waals surface area contributed by atoms with Crippen LogP contribution in [0.5, 0.6) is 11.5 Å². The van der Waals surface area contributed by atoms with Crippen molar-refractivity contribution in [2.75, 3.05) is 19.5 Å². The van der Waals surface area contributed by atoms with E-state index in [2.05, 4.69) is 37.2 Å². The molecule has 122 valence electrons. The quantitative estimate of drug-likeness (QED) is 0.684. The van der Waals surface area contributed by atoms with E-state index in [9.17, 15) is 4.79 Å². The largest absolute Gasteiger partial charge is 0.495 e. The highest BCUT2D eigenvalue weighted by atomic mass is 79.9. The summed E-state index contributed by atoms with van der Waals surface area (Å²) in [5, 5.41) is 12.3. The summed E-state index contributed by atoms with van der Waals surface area (Å²) in [4.78, 5) is 11.1. The van der Waals surface area contributed by atoms with Crippen molar-refractivity contribution in [3.63, 3.8) is 0 Å². The highest BCUT2D eigenvalue weighted by molar-refractivity contribution is 9.11. The number of carboxylic acids is 1. The normalized spacial score (nSPS) is 10.3. The number of rotatable bonds is 6. The number of halogens is 2. The summed E-state index contributed by atoms with van der Waals surface area (Å²) in [6.45, 7) is 0.445. The Bertz CT molecular complexity index is 734. The van der Waals surface area contributed by atoms with Crippen LogP contribution in [0.1, 0.15) is 15.9 Å². The fourth-order valence-corrected chi connectivity index (χ4v) is 3.62. The van der Waals surface area contributed by atoms with E-state index in [1.165, 1.54) is 13.2 Å². The average molecular weight is 445 g/mol. The Morgan fingerprint density at radius 3 is 2.52 bits per heavy atom. The van der Waals surface area contributed by atoms with Gasteiger partial charge in [-0.2, -0.15) is 0 Å². The first-order valence-corrected chi connectivity index (χ1v) is 8.22. The van der Waals surface area contributed by atoms with Gasteiger partial charge in [0.1, 0.15) is 11.5 Å². The van der Waals surface area contributed by atoms with Gasteiger partial charge < -0.3 is 19.9 Å². The first-order valence-electron chi connectivity index (χ1n) is 6.63. The summed E-state index contributed by atoms with van der Waals surface area (Å²) in [6.07, 6.45) is 0. The van der Waals surface area contributed by atoms with Crippen LogP contribution in [-0.4, -0.2) is 25.3 Å². The lowest BCUT2D eigenvalue weighted by atomic mass is 10.1. The Balaban J connectivity index is 2.30. The maximum atomic E-state index is 11.1. The third kappa shape index (κ3) is 4.17. The van der Waals surface area contributed by atoms with E-state index in [1.807, 2.05) is 12.1 Å². The van der Waals surface area contributed by atoms with Crippen LogP contribution in [0, 0.1) is 0 Å². The van der Waals surface area contributed by atoms with Gasteiger partial charge in [0.2, 0.25) is 0 Å². The molecule has 23 heavy (non-hydrogen) atoms. The Morgan fingerprint density at radius 2 is 1.91 bits per heavy atom. The van der Waals surface area contributed by atoms with Crippen LogP contribution in [0.2, 0.25) is 0 Å². The highest BCUT2D eigenvalue weighted by Gasteiger charge is 2.12. The van der Waals surface area contributed by atoms with Crippen molar-refractivity contribution >= 4 is 43.5 Å². The van der Waals surface area contributed by atoms with Gasteiger partial charge in [-0.3, -0.25) is 0 Å². The molecule has 5 nitrogen and oxygen atoms in total. The molecule has 0 aliphatic rings. The van der Waals surface area contributed by atoms with Crippen molar-refractivity contribution in [3.05, 3.63) is 50.4 Å². The Kier molecular flexibility index (Phi) is 5.90. The topological polar surface area (TPSA) is 67.8 Å². The molecule has 7 heteroatoms. The van der Waals surface area contributed by atoms with Crippen LogP contribution in [0.15, 0.2) is 39.3 Å². The van der Waals surface area contributed by atoms with Crippen LogP contribution in [0.4, 0.5) is 5.69 Å². The summed E-state index contributed by atoms with van der Waals surface area (Å²) < 4.78 is 12.4. The fourth-order valence-electron chi connectivity index (χ4n) is 2.14. The molecule has 0 bridgehead atoms. The number of anilines is 1. The third-order valence-electron chi connectivity index (χ3n) is 3.21. The molecule has 0 unspecified atom stereocenters. The minimum absolute atomic E-state index is 0.190. The van der Waals surface area contributed by atoms with Gasteiger partial charge >= 0.3 is 5.97 Å². The lowest BCUT2D eigenvalue weighted by molar-refractivity contribution is 0.0697. The van der Waals surface area contributed by atoms with E-state index in [4.69, 9.17) is 14.6 Å². The summed E-state index contributed by atoms with van der Waals surface area (Å²) in [6, 6.07) is 8.50. The number of nitrogens with one attached hydrogen (secondary N) is 1. The molecule has 0 heterocycles. The van der Waals surface area contributed by atoms with E-state index in [0.29, 0.717) is 23.7 Å². The van der Waals surface area contributed by atoms with E-state index in [0.717, 1.165) is 14.5 Å². The van der Waals surface area contributed by atoms with Crippen LogP contribution >= 0.6 is 31.9 Å². The van der Waals surface area contributed by atoms with Crippen LogP contribution in [0.3, 0.4) is 0 Å². The molecule has 0 amide bonds. The average Bonchev–Trinajstić information content (AvgIpc) is 2.52. The molecule has 2 N–H and O–H groups in total. The van der Waals surface area contributed by atoms with Gasteiger partial charge in [0.15, 0.2) is 0 Å². The first-order chi connectivity index (χ1) is 11.0. The van der Waals surface area contributed by atoms with E-state index in [1.54, 1.807) is 19.2 Å². The van der Waals surface area contributed by atoms with Crippen LogP contribution < -0.4 is 14.8 Å². The zero-order valence-corrected chi connectivity index (χ0v) is 15.7. The number of hydrogen-bond acceptors (Lipinski definition) is 4. The number of carbonyl (C=O) groups is 1. The van der Waals surface area contributed by atoms with Crippen molar-refractivity contribution in [2.45, 2.75) is 6.54 Å². The molecule has 0 aliphatic heterocycles. The van der Waals surface area contributed by atoms with Crippen molar-refractivity contribution in [1.29, 1.82) is 0 Å². The van der Waals surface area contributed by atoms with Gasteiger partial charge in [0, 0.05) is 16.6 Å². The van der Waals surface area contributed by atoms with Crippen LogP contribution in [-0.2, 0) is 6.54 Å². The Hall–Kier alpha value is -1.73. The number of hydrogen-bond donors (Lipinski definition) is 2. The number of carboxylic acid groups (broad SMARTS) is 1. The number of benzene rings is 2. The molecular formula is C16H15Br2NO4. The fraction of sp³-hybridized carbons (Fsp3) is 0.188. The zero-order chi connectivity index (χ0) is 17.0. The van der Waals surface area contributed by atoms with Crippen molar-refractivity contribution in [2.24, 2.45) is 0 Å². The SMILES string of the molecule is COc1ccc(C(=O)O)cc1NCc1cc(Br)cc(Br)c1OC. The Labute approximate surface area is 150 Å². The summed E-state index contributed by atoms with van der Waals surface area (Å²) in [5.41, 5.74) is 1.71. The second-order valence-corrected chi connectivity index (χ2v) is 6.42. The smallest absolute Gasteiger partial charge is 0.335 e. The van der Waals surface area contributed by atoms with Gasteiger partial charge in [-0.1, -0.05) is 15.9 Å². The molecule has 0 aromatic heterocycles. The van der Waals surface area contributed by atoms with Crippen LogP contribution in [0.25, 0.3) is 0 Å². The standard InChI is InChI=1S/C16H15Br2NO4/c1-22-14-4-3-9(16(20)21)6-13(14)19-8-10-5-11(17)7-12(18)15(10)23-2/h3-7,19H,8H2,1-2H3,(H,20,21). The molecule has 0 saturated heterocycles. The third-order valence-corrected chi connectivity index (χ3v) is 4.25. The van der Waals surface area contributed by atoms with Gasteiger partial charge in [-0.05, 0) is 46.3 Å². The highest BCUT2D eigenvalue weighted by Crippen LogP contribution is 2.34. The predicted molar refractivity (Wildman–Crippen MR) is 95.7 cm³/mol. The van der Waals surface area contributed by atoms with Gasteiger partial charge in [0.25, 0.3) is 0 Å².